The number of benzene rings is 3. The highest BCUT2D eigenvalue weighted by Crippen LogP contribution is 2.32. The molecule has 0 amide bonds. The summed E-state index contributed by atoms with van der Waals surface area (Å²) >= 11 is 0. The van der Waals surface area contributed by atoms with Crippen LogP contribution in [0.25, 0.3) is 11.1 Å². The van der Waals surface area contributed by atoms with E-state index >= 15 is 0 Å². The molecular formula is C22H17F4NO2. The van der Waals surface area contributed by atoms with Crippen LogP contribution in [0.2, 0.25) is 0 Å². The SMILES string of the molecule is Cc1cc(CNc2cc(F)cc(C(=O)O)c2)ccc1-c1ccc(C(F)(F)F)cc1. The van der Waals surface area contributed by atoms with Crippen molar-refractivity contribution in [3.05, 3.63) is 88.7 Å². The third-order valence-electron chi connectivity index (χ3n) is 4.46. The number of hydrogen-bond acceptors (Lipinski definition) is 2. The summed E-state index contributed by atoms with van der Waals surface area (Å²) in [5, 5.41) is 12.0. The van der Waals surface area contributed by atoms with Gasteiger partial charge in [-0.1, -0.05) is 30.3 Å². The molecule has 0 unspecified atom stereocenters. The highest BCUT2D eigenvalue weighted by atomic mass is 19.4. The Morgan fingerprint density at radius 1 is 1.00 bits per heavy atom. The minimum Gasteiger partial charge on any atom is -0.478 e. The summed E-state index contributed by atoms with van der Waals surface area (Å²) in [6.07, 6.45) is -4.37. The van der Waals surface area contributed by atoms with Crippen LogP contribution in [0.5, 0.6) is 0 Å². The summed E-state index contributed by atoms with van der Waals surface area (Å²) in [6.45, 7) is 2.18. The summed E-state index contributed by atoms with van der Waals surface area (Å²) in [4.78, 5) is 11.0. The molecule has 0 spiro atoms. The fourth-order valence-electron chi connectivity index (χ4n) is 3.02. The van der Waals surface area contributed by atoms with Gasteiger partial charge >= 0.3 is 12.1 Å². The van der Waals surface area contributed by atoms with Gasteiger partial charge in [-0.15, -0.1) is 0 Å². The number of carboxylic acids is 1. The largest absolute Gasteiger partial charge is 0.478 e. The lowest BCUT2D eigenvalue weighted by molar-refractivity contribution is -0.137. The van der Waals surface area contributed by atoms with Gasteiger partial charge in [0.15, 0.2) is 0 Å². The van der Waals surface area contributed by atoms with Crippen LogP contribution >= 0.6 is 0 Å². The average Bonchev–Trinajstić information content (AvgIpc) is 2.65. The topological polar surface area (TPSA) is 49.3 Å². The maximum atomic E-state index is 13.5. The van der Waals surface area contributed by atoms with E-state index in [1.54, 1.807) is 0 Å². The number of alkyl halides is 3. The average molecular weight is 403 g/mol. The number of aromatic carboxylic acids is 1. The molecule has 0 saturated carbocycles. The van der Waals surface area contributed by atoms with Crippen LogP contribution < -0.4 is 5.32 Å². The van der Waals surface area contributed by atoms with Crippen molar-refractivity contribution in [3.63, 3.8) is 0 Å². The normalized spacial score (nSPS) is 11.3. The number of nitrogens with one attached hydrogen (secondary N) is 1. The maximum absolute atomic E-state index is 13.5. The molecule has 0 saturated heterocycles. The molecule has 0 aliphatic rings. The van der Waals surface area contributed by atoms with E-state index < -0.39 is 23.5 Å². The number of halogens is 4. The molecule has 0 atom stereocenters. The molecule has 0 heterocycles. The fraction of sp³-hybridized carbons (Fsp3) is 0.136. The molecule has 3 rings (SSSR count). The van der Waals surface area contributed by atoms with E-state index in [-0.39, 0.29) is 5.56 Å². The summed E-state index contributed by atoms with van der Waals surface area (Å²) in [5.41, 5.74) is 2.70. The van der Waals surface area contributed by atoms with Gasteiger partial charge in [-0.2, -0.15) is 13.2 Å². The number of aryl methyl sites for hydroxylation is 1. The van der Waals surface area contributed by atoms with Gasteiger partial charge in [-0.3, -0.25) is 0 Å². The lowest BCUT2D eigenvalue weighted by atomic mass is 9.97. The molecule has 150 valence electrons. The smallest absolute Gasteiger partial charge is 0.416 e. The van der Waals surface area contributed by atoms with Gasteiger partial charge in [-0.05, 0) is 59.5 Å². The van der Waals surface area contributed by atoms with Crippen molar-refractivity contribution in [1.82, 2.24) is 0 Å². The van der Waals surface area contributed by atoms with Gasteiger partial charge in [0.25, 0.3) is 0 Å². The van der Waals surface area contributed by atoms with Gasteiger partial charge in [0.2, 0.25) is 0 Å². The zero-order chi connectivity index (χ0) is 21.2. The molecule has 0 radical (unpaired) electrons. The Labute approximate surface area is 164 Å². The fourth-order valence-corrected chi connectivity index (χ4v) is 3.02. The maximum Gasteiger partial charge on any atom is 0.416 e. The predicted molar refractivity (Wildman–Crippen MR) is 102 cm³/mol. The van der Waals surface area contributed by atoms with Crippen molar-refractivity contribution < 1.29 is 27.5 Å². The third kappa shape index (κ3) is 4.93. The highest BCUT2D eigenvalue weighted by Gasteiger charge is 2.30. The van der Waals surface area contributed by atoms with E-state index in [4.69, 9.17) is 5.11 Å². The van der Waals surface area contributed by atoms with E-state index in [1.807, 2.05) is 25.1 Å². The van der Waals surface area contributed by atoms with E-state index in [2.05, 4.69) is 5.32 Å². The summed E-state index contributed by atoms with van der Waals surface area (Å²) in [5.74, 6) is -1.87. The predicted octanol–water partition coefficient (Wildman–Crippen LogP) is 6.13. The Kier molecular flexibility index (Phi) is 5.59. The van der Waals surface area contributed by atoms with Crippen LogP contribution in [-0.4, -0.2) is 11.1 Å². The van der Waals surface area contributed by atoms with Crippen LogP contribution in [0, 0.1) is 12.7 Å². The molecule has 0 bridgehead atoms. The van der Waals surface area contributed by atoms with E-state index in [1.165, 1.54) is 24.3 Å². The quantitative estimate of drug-likeness (QED) is 0.504. The molecule has 3 aromatic carbocycles. The van der Waals surface area contributed by atoms with Gasteiger partial charge in [0.1, 0.15) is 5.82 Å². The number of anilines is 1. The first-order valence-electron chi connectivity index (χ1n) is 8.68. The number of rotatable bonds is 5. The van der Waals surface area contributed by atoms with Crippen LogP contribution in [0.1, 0.15) is 27.0 Å². The molecule has 0 aromatic heterocycles. The number of carboxylic acid groups (broad SMARTS) is 1. The van der Waals surface area contributed by atoms with Gasteiger partial charge in [0.05, 0.1) is 11.1 Å². The molecule has 3 aromatic rings. The molecule has 0 aliphatic heterocycles. The van der Waals surface area contributed by atoms with Crippen molar-refractivity contribution in [2.75, 3.05) is 5.32 Å². The lowest BCUT2D eigenvalue weighted by Gasteiger charge is -2.12. The van der Waals surface area contributed by atoms with Crippen molar-refractivity contribution in [2.24, 2.45) is 0 Å². The number of carbonyl (C=O) groups is 1. The van der Waals surface area contributed by atoms with Crippen molar-refractivity contribution in [3.8, 4) is 11.1 Å². The summed E-state index contributed by atoms with van der Waals surface area (Å²) < 4.78 is 51.7. The molecule has 0 fully saturated rings. The Bertz CT molecular complexity index is 1040. The first-order valence-corrected chi connectivity index (χ1v) is 8.68. The minimum absolute atomic E-state index is 0.152. The van der Waals surface area contributed by atoms with Gasteiger partial charge < -0.3 is 10.4 Å². The first kappa shape index (κ1) is 20.4. The third-order valence-corrected chi connectivity index (χ3v) is 4.46. The Hall–Kier alpha value is -3.35. The Balaban J connectivity index is 1.76. The minimum atomic E-state index is -4.37. The molecule has 7 heteroatoms. The summed E-state index contributed by atoms with van der Waals surface area (Å²) in [6, 6.07) is 13.9. The summed E-state index contributed by atoms with van der Waals surface area (Å²) in [7, 11) is 0. The second-order valence-corrected chi connectivity index (χ2v) is 6.61. The Morgan fingerprint density at radius 3 is 2.28 bits per heavy atom. The Morgan fingerprint density at radius 2 is 1.69 bits per heavy atom. The van der Waals surface area contributed by atoms with Crippen LogP contribution in [-0.2, 0) is 12.7 Å². The highest BCUT2D eigenvalue weighted by molar-refractivity contribution is 5.88. The van der Waals surface area contributed by atoms with Gasteiger partial charge in [-0.25, -0.2) is 9.18 Å². The standard InChI is InChI=1S/C22H17F4NO2/c1-13-8-14(12-27-19-10-16(21(28)29)9-18(23)11-19)2-7-20(13)15-3-5-17(6-4-15)22(24,25)26/h2-11,27H,12H2,1H3,(H,28,29). The van der Waals surface area contributed by atoms with E-state index in [0.29, 0.717) is 17.8 Å². The molecule has 29 heavy (non-hydrogen) atoms. The second-order valence-electron chi connectivity index (χ2n) is 6.61. The van der Waals surface area contributed by atoms with Crippen molar-refractivity contribution >= 4 is 11.7 Å². The molecular weight excluding hydrogens is 386 g/mol. The molecule has 0 aliphatic carbocycles. The second kappa shape index (κ2) is 7.95. The zero-order valence-corrected chi connectivity index (χ0v) is 15.3. The first-order chi connectivity index (χ1) is 13.6. The zero-order valence-electron chi connectivity index (χ0n) is 15.3. The lowest BCUT2D eigenvalue weighted by Crippen LogP contribution is -2.04. The number of hydrogen-bond donors (Lipinski definition) is 2. The van der Waals surface area contributed by atoms with Crippen LogP contribution in [0.15, 0.2) is 60.7 Å². The monoisotopic (exact) mass is 403 g/mol. The van der Waals surface area contributed by atoms with E-state index in [9.17, 15) is 22.4 Å². The van der Waals surface area contributed by atoms with E-state index in [0.717, 1.165) is 34.9 Å². The van der Waals surface area contributed by atoms with Crippen molar-refractivity contribution in [1.29, 1.82) is 0 Å². The van der Waals surface area contributed by atoms with Crippen LogP contribution in [0.3, 0.4) is 0 Å². The van der Waals surface area contributed by atoms with Gasteiger partial charge in [0, 0.05) is 12.2 Å². The molecule has 2 N–H and O–H groups in total. The molecule has 3 nitrogen and oxygen atoms in total. The van der Waals surface area contributed by atoms with Crippen LogP contribution in [0.4, 0.5) is 23.2 Å². The van der Waals surface area contributed by atoms with Crippen molar-refractivity contribution in [2.45, 2.75) is 19.6 Å².